The van der Waals surface area contributed by atoms with Gasteiger partial charge in [-0.15, -0.1) is 0 Å². The minimum Gasteiger partial charge on any atom is -0.321 e. The van der Waals surface area contributed by atoms with Crippen molar-refractivity contribution in [3.05, 3.63) is 98.4 Å². The molecule has 0 aromatic heterocycles. The smallest absolute Gasteiger partial charge is 0.273 e. The SMILES string of the molecule is O=C(Nc1ccc(I)cc1C(=O)N/N=C/c1ccc(F)cc1)c1cccc(CN2CCC(N3CCCCC3)CC2)c1. The quantitative estimate of drug-likeness (QED) is 0.178. The van der Waals surface area contributed by atoms with Crippen molar-refractivity contribution in [2.75, 3.05) is 31.5 Å². The third-order valence-electron chi connectivity index (χ3n) is 7.78. The maximum absolute atomic E-state index is 13.2. The average molecular weight is 668 g/mol. The third kappa shape index (κ3) is 8.21. The van der Waals surface area contributed by atoms with Crippen LogP contribution in [0.3, 0.4) is 0 Å². The van der Waals surface area contributed by atoms with E-state index in [-0.39, 0.29) is 11.7 Å². The average Bonchev–Trinajstić information content (AvgIpc) is 3.00. The highest BCUT2D eigenvalue weighted by atomic mass is 127. The van der Waals surface area contributed by atoms with Crippen LogP contribution in [0.15, 0.2) is 71.8 Å². The van der Waals surface area contributed by atoms with Gasteiger partial charge < -0.3 is 10.2 Å². The van der Waals surface area contributed by atoms with Crippen molar-refractivity contribution >= 4 is 46.3 Å². The summed E-state index contributed by atoms with van der Waals surface area (Å²) in [6, 6.07) is 19.4. The number of hydrogen-bond donors (Lipinski definition) is 2. The second kappa shape index (κ2) is 14.2. The first-order valence-electron chi connectivity index (χ1n) is 14.2. The molecule has 0 spiro atoms. The minimum atomic E-state index is -0.459. The summed E-state index contributed by atoms with van der Waals surface area (Å²) in [7, 11) is 0. The Morgan fingerprint density at radius 2 is 1.68 bits per heavy atom. The summed E-state index contributed by atoms with van der Waals surface area (Å²) >= 11 is 2.12. The van der Waals surface area contributed by atoms with Gasteiger partial charge in [0.25, 0.3) is 11.8 Å². The number of amides is 2. The van der Waals surface area contributed by atoms with E-state index in [1.54, 1.807) is 30.3 Å². The molecule has 0 bridgehead atoms. The zero-order valence-electron chi connectivity index (χ0n) is 23.0. The lowest BCUT2D eigenvalue weighted by molar-refractivity contribution is 0.0896. The first-order chi connectivity index (χ1) is 19.9. The molecular formula is C32H35FIN5O2. The summed E-state index contributed by atoms with van der Waals surface area (Å²) < 4.78 is 14.0. The second-order valence-electron chi connectivity index (χ2n) is 10.7. The Bertz CT molecular complexity index is 1380. The summed E-state index contributed by atoms with van der Waals surface area (Å²) in [5.74, 6) is -1.08. The number of halogens is 2. The number of hydrogen-bond acceptors (Lipinski definition) is 5. The monoisotopic (exact) mass is 667 g/mol. The number of nitrogens with one attached hydrogen (secondary N) is 2. The van der Waals surface area contributed by atoms with Gasteiger partial charge in [0, 0.05) is 21.7 Å². The molecule has 2 amide bonds. The van der Waals surface area contributed by atoms with Gasteiger partial charge in [-0.2, -0.15) is 5.10 Å². The van der Waals surface area contributed by atoms with Crippen molar-refractivity contribution in [1.82, 2.24) is 15.2 Å². The summed E-state index contributed by atoms with van der Waals surface area (Å²) in [5.41, 5.74) is 5.49. The van der Waals surface area contributed by atoms with E-state index in [9.17, 15) is 14.0 Å². The number of rotatable bonds is 8. The van der Waals surface area contributed by atoms with Crippen molar-refractivity contribution in [2.45, 2.75) is 44.7 Å². The fourth-order valence-corrected chi connectivity index (χ4v) is 6.07. The van der Waals surface area contributed by atoms with E-state index >= 15 is 0 Å². The Kier molecular flexibility index (Phi) is 10.1. The van der Waals surface area contributed by atoms with Gasteiger partial charge in [0.2, 0.25) is 0 Å². The number of piperidine rings is 2. The number of hydrazone groups is 1. The van der Waals surface area contributed by atoms with Gasteiger partial charge in [0.1, 0.15) is 5.82 Å². The van der Waals surface area contributed by atoms with Gasteiger partial charge in [0.05, 0.1) is 17.5 Å². The van der Waals surface area contributed by atoms with Gasteiger partial charge in [-0.1, -0.05) is 30.7 Å². The van der Waals surface area contributed by atoms with Crippen molar-refractivity contribution in [1.29, 1.82) is 0 Å². The number of anilines is 1. The second-order valence-corrected chi connectivity index (χ2v) is 11.9. The van der Waals surface area contributed by atoms with Gasteiger partial charge in [-0.3, -0.25) is 14.5 Å². The maximum Gasteiger partial charge on any atom is 0.273 e. The molecule has 0 saturated carbocycles. The molecule has 214 valence electrons. The molecule has 2 saturated heterocycles. The van der Waals surface area contributed by atoms with Crippen LogP contribution in [0.1, 0.15) is 63.9 Å². The molecule has 0 aliphatic carbocycles. The zero-order chi connectivity index (χ0) is 28.6. The van der Waals surface area contributed by atoms with Crippen molar-refractivity contribution in [3.8, 4) is 0 Å². The highest BCUT2D eigenvalue weighted by Crippen LogP contribution is 2.23. The molecule has 2 aliphatic heterocycles. The van der Waals surface area contributed by atoms with Crippen LogP contribution in [0.25, 0.3) is 0 Å². The lowest BCUT2D eigenvalue weighted by atomic mass is 9.99. The molecule has 2 fully saturated rings. The predicted octanol–water partition coefficient (Wildman–Crippen LogP) is 5.90. The van der Waals surface area contributed by atoms with E-state index in [1.165, 1.54) is 63.5 Å². The van der Waals surface area contributed by atoms with Crippen LogP contribution in [0.2, 0.25) is 0 Å². The summed E-state index contributed by atoms with van der Waals surface area (Å²) in [6.07, 6.45) is 7.86. The molecule has 3 aromatic rings. The Labute approximate surface area is 254 Å². The van der Waals surface area contributed by atoms with Crippen LogP contribution < -0.4 is 10.7 Å². The summed E-state index contributed by atoms with van der Waals surface area (Å²) in [4.78, 5) is 31.3. The highest BCUT2D eigenvalue weighted by molar-refractivity contribution is 14.1. The van der Waals surface area contributed by atoms with E-state index in [0.717, 1.165) is 28.8 Å². The molecule has 41 heavy (non-hydrogen) atoms. The Morgan fingerprint density at radius 1 is 0.927 bits per heavy atom. The van der Waals surface area contributed by atoms with E-state index in [1.807, 2.05) is 18.2 Å². The predicted molar refractivity (Wildman–Crippen MR) is 169 cm³/mol. The number of likely N-dealkylation sites (tertiary alicyclic amines) is 2. The van der Waals surface area contributed by atoms with Gasteiger partial charge >= 0.3 is 0 Å². The molecule has 0 unspecified atom stereocenters. The molecule has 2 aliphatic rings. The number of carbonyl (C=O) groups excluding carboxylic acids is 2. The van der Waals surface area contributed by atoms with Crippen molar-refractivity contribution < 1.29 is 14.0 Å². The Balaban J connectivity index is 1.19. The molecule has 0 radical (unpaired) electrons. The number of benzene rings is 3. The normalized spacial score (nSPS) is 17.0. The van der Waals surface area contributed by atoms with E-state index in [0.29, 0.717) is 28.4 Å². The van der Waals surface area contributed by atoms with Crippen molar-refractivity contribution in [2.24, 2.45) is 5.10 Å². The molecule has 3 aromatic carbocycles. The number of nitrogens with zero attached hydrogens (tertiary/aromatic N) is 3. The molecule has 0 atom stereocenters. The van der Waals surface area contributed by atoms with Crippen LogP contribution in [0, 0.1) is 9.39 Å². The summed E-state index contributed by atoms with van der Waals surface area (Å²) in [5, 5.41) is 6.89. The van der Waals surface area contributed by atoms with Crippen LogP contribution in [-0.4, -0.2) is 60.0 Å². The van der Waals surface area contributed by atoms with Gasteiger partial charge in [-0.25, -0.2) is 9.82 Å². The van der Waals surface area contributed by atoms with Crippen LogP contribution >= 0.6 is 22.6 Å². The molecule has 5 rings (SSSR count). The first-order valence-corrected chi connectivity index (χ1v) is 15.3. The van der Waals surface area contributed by atoms with E-state index < -0.39 is 5.91 Å². The Morgan fingerprint density at radius 3 is 2.44 bits per heavy atom. The van der Waals surface area contributed by atoms with Crippen molar-refractivity contribution in [3.63, 3.8) is 0 Å². The molecular weight excluding hydrogens is 632 g/mol. The molecule has 2 heterocycles. The number of carbonyl (C=O) groups is 2. The van der Waals surface area contributed by atoms with E-state index in [2.05, 4.69) is 54.3 Å². The fraction of sp³-hybridized carbons (Fsp3) is 0.344. The highest BCUT2D eigenvalue weighted by Gasteiger charge is 2.25. The fourth-order valence-electron chi connectivity index (χ4n) is 5.58. The molecule has 7 nitrogen and oxygen atoms in total. The summed E-state index contributed by atoms with van der Waals surface area (Å²) in [6.45, 7) is 5.45. The van der Waals surface area contributed by atoms with Crippen LogP contribution in [-0.2, 0) is 6.54 Å². The van der Waals surface area contributed by atoms with Gasteiger partial charge in [-0.05, 0) is 128 Å². The maximum atomic E-state index is 13.2. The van der Waals surface area contributed by atoms with E-state index in [4.69, 9.17) is 0 Å². The third-order valence-corrected chi connectivity index (χ3v) is 8.45. The minimum absolute atomic E-state index is 0.277. The largest absolute Gasteiger partial charge is 0.321 e. The first kappa shape index (κ1) is 29.3. The Hall–Kier alpha value is -3.15. The lowest BCUT2D eigenvalue weighted by Crippen LogP contribution is -2.46. The zero-order valence-corrected chi connectivity index (χ0v) is 25.1. The topological polar surface area (TPSA) is 77.0 Å². The standard InChI is InChI=1S/C32H35FIN5O2/c33-26-9-7-23(8-10-26)21-35-37-32(41)29-20-27(34)11-12-30(29)36-31(40)25-6-4-5-24(19-25)22-38-17-13-28(14-18-38)39-15-2-1-3-16-39/h4-12,19-21,28H,1-3,13-18,22H2,(H,36,40)(H,37,41)/b35-21+. The molecule has 2 N–H and O–H groups in total. The lowest BCUT2D eigenvalue weighted by Gasteiger charge is -2.40. The molecule has 9 heteroatoms. The van der Waals surface area contributed by atoms with Gasteiger partial charge in [0.15, 0.2) is 0 Å². The van der Waals surface area contributed by atoms with Crippen LogP contribution in [0.4, 0.5) is 10.1 Å². The van der Waals surface area contributed by atoms with Crippen LogP contribution in [0.5, 0.6) is 0 Å².